The fourth-order valence-corrected chi connectivity index (χ4v) is 1.87. The molecule has 13 heavy (non-hydrogen) atoms. The molecule has 0 saturated heterocycles. The summed E-state index contributed by atoms with van der Waals surface area (Å²) in [6.07, 6.45) is 2.29. The van der Waals surface area contributed by atoms with Crippen molar-refractivity contribution in [2.75, 3.05) is 13.6 Å². The van der Waals surface area contributed by atoms with Gasteiger partial charge in [0, 0.05) is 12.3 Å². The molecule has 0 aromatic carbocycles. The maximum absolute atomic E-state index is 5.71. The molecule has 2 nitrogen and oxygen atoms in total. The molecule has 2 atom stereocenters. The number of aryl methyl sites for hydroxylation is 1. The maximum atomic E-state index is 5.71. The van der Waals surface area contributed by atoms with Gasteiger partial charge in [0.25, 0.3) is 0 Å². The van der Waals surface area contributed by atoms with Crippen molar-refractivity contribution in [1.82, 2.24) is 5.32 Å². The molecular weight excluding hydrogens is 162 g/mol. The van der Waals surface area contributed by atoms with Gasteiger partial charge in [0.05, 0.1) is 0 Å². The smallest absolute Gasteiger partial charge is 0.107 e. The van der Waals surface area contributed by atoms with E-state index in [1.54, 1.807) is 0 Å². The lowest BCUT2D eigenvalue weighted by Crippen LogP contribution is -2.09. The summed E-state index contributed by atoms with van der Waals surface area (Å²) in [6.45, 7) is 3.24. The quantitative estimate of drug-likeness (QED) is 0.766. The molecule has 0 amide bonds. The molecule has 0 radical (unpaired) electrons. The van der Waals surface area contributed by atoms with Crippen LogP contribution in [0.1, 0.15) is 30.8 Å². The number of hydrogen-bond acceptors (Lipinski definition) is 2. The van der Waals surface area contributed by atoms with E-state index in [2.05, 4.69) is 24.4 Å². The average molecular weight is 179 g/mol. The standard InChI is InChI=1S/C11H17NO/c1-3-9-4-5-11(13-9)10-6-8(10)7-12-2/h4-5,8,10,12H,3,6-7H2,1-2H3. The van der Waals surface area contributed by atoms with Crippen molar-refractivity contribution in [1.29, 1.82) is 0 Å². The molecule has 1 heterocycles. The zero-order chi connectivity index (χ0) is 9.26. The Labute approximate surface area is 79.3 Å². The summed E-state index contributed by atoms with van der Waals surface area (Å²) in [6, 6.07) is 4.24. The van der Waals surface area contributed by atoms with Crippen LogP contribution in [0.2, 0.25) is 0 Å². The first-order valence-electron chi connectivity index (χ1n) is 5.08. The van der Waals surface area contributed by atoms with Crippen LogP contribution in [-0.4, -0.2) is 13.6 Å². The Balaban J connectivity index is 1.95. The third-order valence-corrected chi connectivity index (χ3v) is 2.79. The van der Waals surface area contributed by atoms with Crippen LogP contribution < -0.4 is 5.32 Å². The van der Waals surface area contributed by atoms with E-state index < -0.39 is 0 Å². The normalized spacial score (nSPS) is 26.3. The first-order chi connectivity index (χ1) is 6.35. The van der Waals surface area contributed by atoms with E-state index in [-0.39, 0.29) is 0 Å². The SMILES string of the molecule is CCc1ccc(C2CC2CNC)o1. The van der Waals surface area contributed by atoms with Gasteiger partial charge in [0.2, 0.25) is 0 Å². The van der Waals surface area contributed by atoms with Crippen LogP contribution in [0.5, 0.6) is 0 Å². The van der Waals surface area contributed by atoms with E-state index in [1.807, 2.05) is 7.05 Å². The molecule has 1 saturated carbocycles. The van der Waals surface area contributed by atoms with Crippen molar-refractivity contribution in [3.63, 3.8) is 0 Å². The van der Waals surface area contributed by atoms with Crippen LogP contribution in [0, 0.1) is 5.92 Å². The van der Waals surface area contributed by atoms with Gasteiger partial charge in [-0.25, -0.2) is 0 Å². The van der Waals surface area contributed by atoms with E-state index in [4.69, 9.17) is 4.42 Å². The van der Waals surface area contributed by atoms with E-state index in [9.17, 15) is 0 Å². The van der Waals surface area contributed by atoms with E-state index >= 15 is 0 Å². The lowest BCUT2D eigenvalue weighted by molar-refractivity contribution is 0.463. The molecule has 1 aliphatic rings. The second kappa shape index (κ2) is 3.54. The molecule has 1 fully saturated rings. The minimum Gasteiger partial charge on any atom is -0.466 e. The van der Waals surface area contributed by atoms with Crippen molar-refractivity contribution >= 4 is 0 Å². The minimum absolute atomic E-state index is 0.688. The van der Waals surface area contributed by atoms with Crippen LogP contribution in [0.4, 0.5) is 0 Å². The number of rotatable bonds is 4. The highest BCUT2D eigenvalue weighted by Crippen LogP contribution is 2.47. The highest BCUT2D eigenvalue weighted by atomic mass is 16.3. The Hall–Kier alpha value is -0.760. The summed E-state index contributed by atoms with van der Waals surface area (Å²) in [7, 11) is 2.01. The summed E-state index contributed by atoms with van der Waals surface area (Å²) >= 11 is 0. The lowest BCUT2D eigenvalue weighted by Gasteiger charge is -1.95. The van der Waals surface area contributed by atoms with Crippen molar-refractivity contribution in [2.24, 2.45) is 5.92 Å². The van der Waals surface area contributed by atoms with Gasteiger partial charge in [-0.05, 0) is 38.1 Å². The van der Waals surface area contributed by atoms with Crippen molar-refractivity contribution in [3.8, 4) is 0 Å². The fourth-order valence-electron chi connectivity index (χ4n) is 1.87. The third kappa shape index (κ3) is 1.78. The fraction of sp³-hybridized carbons (Fsp3) is 0.636. The molecule has 2 heteroatoms. The Morgan fingerprint density at radius 2 is 2.38 bits per heavy atom. The van der Waals surface area contributed by atoms with Crippen LogP contribution >= 0.6 is 0 Å². The highest BCUT2D eigenvalue weighted by Gasteiger charge is 2.39. The second-order valence-electron chi connectivity index (χ2n) is 3.82. The van der Waals surface area contributed by atoms with E-state index in [0.717, 1.165) is 24.6 Å². The summed E-state index contributed by atoms with van der Waals surface area (Å²) < 4.78 is 5.71. The van der Waals surface area contributed by atoms with Crippen LogP contribution in [0.15, 0.2) is 16.5 Å². The van der Waals surface area contributed by atoms with Gasteiger partial charge < -0.3 is 9.73 Å². The van der Waals surface area contributed by atoms with Gasteiger partial charge in [0.15, 0.2) is 0 Å². The van der Waals surface area contributed by atoms with Crippen LogP contribution in [0.25, 0.3) is 0 Å². The predicted molar refractivity (Wildman–Crippen MR) is 52.9 cm³/mol. The van der Waals surface area contributed by atoms with E-state index in [0.29, 0.717) is 5.92 Å². The molecule has 72 valence electrons. The van der Waals surface area contributed by atoms with Gasteiger partial charge in [0.1, 0.15) is 11.5 Å². The Bertz CT molecular complexity index is 279. The molecule has 1 aliphatic carbocycles. The topological polar surface area (TPSA) is 25.2 Å². The predicted octanol–water partition coefficient (Wildman–Crippen LogP) is 2.16. The van der Waals surface area contributed by atoms with Gasteiger partial charge >= 0.3 is 0 Å². The molecule has 2 rings (SSSR count). The first kappa shape index (κ1) is 8.82. The van der Waals surface area contributed by atoms with E-state index in [1.165, 1.54) is 12.2 Å². The Morgan fingerprint density at radius 1 is 1.54 bits per heavy atom. The number of hydrogen-bond donors (Lipinski definition) is 1. The molecule has 1 aromatic rings. The molecule has 1 aromatic heterocycles. The molecule has 2 unspecified atom stereocenters. The van der Waals surface area contributed by atoms with Crippen LogP contribution in [-0.2, 0) is 6.42 Å². The molecule has 1 N–H and O–H groups in total. The highest BCUT2D eigenvalue weighted by molar-refractivity contribution is 5.18. The summed E-state index contributed by atoms with van der Waals surface area (Å²) in [5, 5.41) is 3.21. The molecule has 0 bridgehead atoms. The zero-order valence-corrected chi connectivity index (χ0v) is 8.34. The largest absolute Gasteiger partial charge is 0.466 e. The van der Waals surface area contributed by atoms with Gasteiger partial charge in [-0.3, -0.25) is 0 Å². The number of nitrogens with one attached hydrogen (secondary N) is 1. The minimum atomic E-state index is 0.688. The third-order valence-electron chi connectivity index (χ3n) is 2.79. The van der Waals surface area contributed by atoms with Crippen molar-refractivity contribution in [2.45, 2.75) is 25.7 Å². The summed E-state index contributed by atoms with van der Waals surface area (Å²) in [5.41, 5.74) is 0. The van der Waals surface area contributed by atoms with Gasteiger partial charge in [-0.2, -0.15) is 0 Å². The first-order valence-corrected chi connectivity index (χ1v) is 5.08. The second-order valence-corrected chi connectivity index (χ2v) is 3.82. The van der Waals surface area contributed by atoms with Crippen molar-refractivity contribution in [3.05, 3.63) is 23.7 Å². The van der Waals surface area contributed by atoms with Crippen LogP contribution in [0.3, 0.4) is 0 Å². The Morgan fingerprint density at radius 3 is 3.00 bits per heavy atom. The maximum Gasteiger partial charge on any atom is 0.107 e. The zero-order valence-electron chi connectivity index (χ0n) is 8.34. The van der Waals surface area contributed by atoms with Crippen molar-refractivity contribution < 1.29 is 4.42 Å². The monoisotopic (exact) mass is 179 g/mol. The molecular formula is C11H17NO. The van der Waals surface area contributed by atoms with Gasteiger partial charge in [-0.15, -0.1) is 0 Å². The molecule has 0 spiro atoms. The van der Waals surface area contributed by atoms with Gasteiger partial charge in [-0.1, -0.05) is 6.92 Å². The lowest BCUT2D eigenvalue weighted by atomic mass is 10.2. The summed E-state index contributed by atoms with van der Waals surface area (Å²) in [5.74, 6) is 3.80. The summed E-state index contributed by atoms with van der Waals surface area (Å²) in [4.78, 5) is 0. The Kier molecular flexibility index (Phi) is 2.40. The molecule has 0 aliphatic heterocycles. The number of furan rings is 1. The average Bonchev–Trinajstić information content (AvgIpc) is 2.76.